The Bertz CT molecular complexity index is 745. The number of benzene rings is 2. The van der Waals surface area contributed by atoms with E-state index in [0.717, 1.165) is 5.56 Å². The molecule has 0 amide bonds. The van der Waals surface area contributed by atoms with Crippen molar-refractivity contribution in [2.75, 3.05) is 7.11 Å². The lowest BCUT2D eigenvalue weighted by Crippen LogP contribution is -2.01. The summed E-state index contributed by atoms with van der Waals surface area (Å²) in [4.78, 5) is 12.3. The van der Waals surface area contributed by atoms with Gasteiger partial charge in [0.05, 0.1) is 7.11 Å². The lowest BCUT2D eigenvalue weighted by molar-refractivity contribution is 0.103. The normalized spacial score (nSPS) is 10.3. The summed E-state index contributed by atoms with van der Waals surface area (Å²) in [5.41, 5.74) is 1.72. The average molecular weight is 279 g/mol. The fourth-order valence-electron chi connectivity index (χ4n) is 2.01. The van der Waals surface area contributed by atoms with Crippen molar-refractivity contribution in [3.8, 4) is 17.1 Å². The largest absolute Gasteiger partial charge is 0.497 e. The number of methoxy groups -OCH3 is 1. The lowest BCUT2D eigenvalue weighted by atomic mass is 10.1. The summed E-state index contributed by atoms with van der Waals surface area (Å²) in [6.07, 6.45) is 0. The summed E-state index contributed by atoms with van der Waals surface area (Å²) in [7, 11) is 1.58. The number of carbonyl (C=O) groups excluding carboxylic acids is 1. The molecular weight excluding hydrogens is 266 g/mol. The Morgan fingerprint density at radius 3 is 2.43 bits per heavy atom. The first kappa shape index (κ1) is 13.1. The van der Waals surface area contributed by atoms with E-state index in [0.29, 0.717) is 22.8 Å². The zero-order valence-electron chi connectivity index (χ0n) is 11.4. The molecule has 2 aromatic carbocycles. The lowest BCUT2D eigenvalue weighted by Gasteiger charge is -2.00. The molecule has 0 bridgehead atoms. The van der Waals surface area contributed by atoms with Crippen LogP contribution in [-0.2, 0) is 0 Å². The van der Waals surface area contributed by atoms with Gasteiger partial charge in [-0.25, -0.2) is 0 Å². The van der Waals surface area contributed by atoms with Crippen molar-refractivity contribution in [3.05, 3.63) is 71.9 Å². The average Bonchev–Trinajstić information content (AvgIpc) is 3.05. The topological polar surface area (TPSA) is 52.3 Å². The van der Waals surface area contributed by atoms with Gasteiger partial charge in [-0.15, -0.1) is 0 Å². The van der Waals surface area contributed by atoms with E-state index in [1.165, 1.54) is 0 Å². The molecule has 0 aliphatic carbocycles. The zero-order chi connectivity index (χ0) is 14.7. The highest BCUT2D eigenvalue weighted by molar-refractivity contribution is 6.08. The van der Waals surface area contributed by atoms with Gasteiger partial charge in [-0.2, -0.15) is 0 Å². The SMILES string of the molecule is COc1ccc(C(=O)c2cc(-c3ccccc3)on2)cc1. The minimum Gasteiger partial charge on any atom is -0.497 e. The smallest absolute Gasteiger partial charge is 0.214 e. The molecule has 4 nitrogen and oxygen atoms in total. The fourth-order valence-corrected chi connectivity index (χ4v) is 2.01. The van der Waals surface area contributed by atoms with E-state index in [9.17, 15) is 4.79 Å². The highest BCUT2D eigenvalue weighted by Crippen LogP contribution is 2.21. The Morgan fingerprint density at radius 1 is 1.05 bits per heavy atom. The van der Waals surface area contributed by atoms with Crippen LogP contribution in [0.15, 0.2) is 65.2 Å². The van der Waals surface area contributed by atoms with E-state index in [2.05, 4.69) is 5.16 Å². The molecule has 0 saturated heterocycles. The molecule has 3 aromatic rings. The minimum absolute atomic E-state index is 0.177. The van der Waals surface area contributed by atoms with Crippen LogP contribution >= 0.6 is 0 Å². The molecule has 0 spiro atoms. The molecule has 4 heteroatoms. The number of rotatable bonds is 4. The second-order valence-corrected chi connectivity index (χ2v) is 4.50. The van der Waals surface area contributed by atoms with Crippen molar-refractivity contribution in [3.63, 3.8) is 0 Å². The summed E-state index contributed by atoms with van der Waals surface area (Å²) >= 11 is 0. The van der Waals surface area contributed by atoms with Crippen LogP contribution in [0.3, 0.4) is 0 Å². The van der Waals surface area contributed by atoms with E-state index >= 15 is 0 Å². The van der Waals surface area contributed by atoms with Crippen LogP contribution in [0, 0.1) is 0 Å². The highest BCUT2D eigenvalue weighted by atomic mass is 16.5. The highest BCUT2D eigenvalue weighted by Gasteiger charge is 2.15. The van der Waals surface area contributed by atoms with Crippen LogP contribution in [0.25, 0.3) is 11.3 Å². The number of carbonyl (C=O) groups is 1. The van der Waals surface area contributed by atoms with Gasteiger partial charge in [-0.3, -0.25) is 4.79 Å². The van der Waals surface area contributed by atoms with Gasteiger partial charge in [-0.1, -0.05) is 35.5 Å². The molecule has 0 aliphatic heterocycles. The molecule has 0 radical (unpaired) electrons. The Kier molecular flexibility index (Phi) is 3.51. The summed E-state index contributed by atoms with van der Waals surface area (Å²) in [5.74, 6) is 1.10. The molecule has 1 heterocycles. The third kappa shape index (κ3) is 2.69. The first-order valence-corrected chi connectivity index (χ1v) is 6.49. The molecular formula is C17H13NO3. The van der Waals surface area contributed by atoms with Crippen LogP contribution in [-0.4, -0.2) is 18.0 Å². The van der Waals surface area contributed by atoms with Crippen LogP contribution in [0.2, 0.25) is 0 Å². The molecule has 0 N–H and O–H groups in total. The molecule has 0 saturated carbocycles. The fraction of sp³-hybridized carbons (Fsp3) is 0.0588. The number of hydrogen-bond donors (Lipinski definition) is 0. The van der Waals surface area contributed by atoms with Gasteiger partial charge in [0.2, 0.25) is 5.78 Å². The van der Waals surface area contributed by atoms with E-state index in [-0.39, 0.29) is 5.78 Å². The van der Waals surface area contributed by atoms with Crippen molar-refractivity contribution < 1.29 is 14.1 Å². The summed E-state index contributed by atoms with van der Waals surface area (Å²) < 4.78 is 10.3. The maximum absolute atomic E-state index is 12.3. The molecule has 3 rings (SSSR count). The molecule has 0 fully saturated rings. The third-order valence-electron chi connectivity index (χ3n) is 3.15. The van der Waals surface area contributed by atoms with Crippen molar-refractivity contribution in [2.45, 2.75) is 0 Å². The van der Waals surface area contributed by atoms with Gasteiger partial charge >= 0.3 is 0 Å². The molecule has 104 valence electrons. The summed E-state index contributed by atoms with van der Waals surface area (Å²) in [6.45, 7) is 0. The first-order valence-electron chi connectivity index (χ1n) is 6.49. The van der Waals surface area contributed by atoms with Crippen LogP contribution in [0.5, 0.6) is 5.75 Å². The first-order chi connectivity index (χ1) is 10.3. The van der Waals surface area contributed by atoms with Crippen molar-refractivity contribution >= 4 is 5.78 Å². The Labute approximate surface area is 122 Å². The third-order valence-corrected chi connectivity index (χ3v) is 3.15. The van der Waals surface area contributed by atoms with E-state index in [1.54, 1.807) is 37.4 Å². The number of ketones is 1. The molecule has 1 aromatic heterocycles. The number of nitrogens with zero attached hydrogens (tertiary/aromatic N) is 1. The predicted octanol–water partition coefficient (Wildman–Crippen LogP) is 3.58. The molecule has 21 heavy (non-hydrogen) atoms. The molecule has 0 atom stereocenters. The Balaban J connectivity index is 1.87. The predicted molar refractivity (Wildman–Crippen MR) is 78.4 cm³/mol. The quantitative estimate of drug-likeness (QED) is 0.685. The zero-order valence-corrected chi connectivity index (χ0v) is 11.4. The minimum atomic E-state index is -0.177. The van der Waals surface area contributed by atoms with Gasteiger partial charge in [0.25, 0.3) is 0 Å². The van der Waals surface area contributed by atoms with E-state index in [4.69, 9.17) is 9.26 Å². The number of ether oxygens (including phenoxy) is 1. The van der Waals surface area contributed by atoms with E-state index in [1.807, 2.05) is 30.3 Å². The summed E-state index contributed by atoms with van der Waals surface area (Å²) in [6, 6.07) is 18.1. The van der Waals surface area contributed by atoms with Gasteiger partial charge in [0.15, 0.2) is 11.5 Å². The maximum Gasteiger partial charge on any atom is 0.214 e. The molecule has 0 aliphatic rings. The van der Waals surface area contributed by atoms with Gasteiger partial charge in [0.1, 0.15) is 5.75 Å². The number of aromatic nitrogens is 1. The van der Waals surface area contributed by atoms with Crippen molar-refractivity contribution in [2.24, 2.45) is 0 Å². The second kappa shape index (κ2) is 5.63. The van der Waals surface area contributed by atoms with Gasteiger partial charge < -0.3 is 9.26 Å². The van der Waals surface area contributed by atoms with Crippen LogP contribution < -0.4 is 4.74 Å². The second-order valence-electron chi connectivity index (χ2n) is 4.50. The van der Waals surface area contributed by atoms with E-state index < -0.39 is 0 Å². The monoisotopic (exact) mass is 279 g/mol. The summed E-state index contributed by atoms with van der Waals surface area (Å²) in [5, 5.41) is 3.86. The van der Waals surface area contributed by atoms with Gasteiger partial charge in [-0.05, 0) is 24.3 Å². The van der Waals surface area contributed by atoms with Gasteiger partial charge in [0, 0.05) is 17.2 Å². The Hall–Kier alpha value is -2.88. The molecule has 0 unspecified atom stereocenters. The standard InChI is InChI=1S/C17H13NO3/c1-20-14-9-7-13(8-10-14)17(19)15-11-16(21-18-15)12-5-3-2-4-6-12/h2-11H,1H3. The maximum atomic E-state index is 12.3. The van der Waals surface area contributed by atoms with Crippen LogP contribution in [0.4, 0.5) is 0 Å². The van der Waals surface area contributed by atoms with Crippen molar-refractivity contribution in [1.29, 1.82) is 0 Å². The Morgan fingerprint density at radius 2 is 1.76 bits per heavy atom. The van der Waals surface area contributed by atoms with Crippen molar-refractivity contribution in [1.82, 2.24) is 5.16 Å². The van der Waals surface area contributed by atoms with Crippen LogP contribution in [0.1, 0.15) is 16.1 Å². The number of hydrogen-bond acceptors (Lipinski definition) is 4.